The van der Waals surface area contributed by atoms with E-state index >= 15 is 0 Å². The van der Waals surface area contributed by atoms with Crippen molar-refractivity contribution < 1.29 is 42.9 Å². The molecule has 1 aromatic carbocycles. The van der Waals surface area contributed by atoms with Crippen molar-refractivity contribution in [3.8, 4) is 0 Å². The standard InChI is InChI=1S/C30H48N4O9/c1-28(2,3)41-25(37)31-17-18-34(20-32-26(38)42-29(4,5)6)23(35)16-15-22(33-27(39)43-30(7,8)9)24(36)40-19-21-13-11-10-12-14-21/h10-14,22H,15-20H2,1-9H3,(H,31,37)(H,32,38)(H,33,39)/t22-/m0/s1. The lowest BCUT2D eigenvalue weighted by atomic mass is 10.1. The number of esters is 1. The van der Waals surface area contributed by atoms with Crippen LogP contribution in [0, 0.1) is 0 Å². The lowest BCUT2D eigenvalue weighted by Crippen LogP contribution is -2.48. The summed E-state index contributed by atoms with van der Waals surface area (Å²) in [7, 11) is 0. The minimum atomic E-state index is -1.19. The van der Waals surface area contributed by atoms with E-state index in [0.717, 1.165) is 5.56 Å². The Morgan fingerprint density at radius 2 is 1.26 bits per heavy atom. The van der Waals surface area contributed by atoms with Crippen LogP contribution in [0.3, 0.4) is 0 Å². The number of carbonyl (C=O) groups excluding carboxylic acids is 5. The maximum absolute atomic E-state index is 13.3. The van der Waals surface area contributed by atoms with Crippen LogP contribution in [-0.2, 0) is 35.1 Å². The maximum Gasteiger partial charge on any atom is 0.409 e. The summed E-state index contributed by atoms with van der Waals surface area (Å²) in [4.78, 5) is 64.2. The van der Waals surface area contributed by atoms with E-state index in [9.17, 15) is 24.0 Å². The Hall–Kier alpha value is -4.03. The number of hydrogen-bond acceptors (Lipinski definition) is 9. The van der Waals surface area contributed by atoms with Gasteiger partial charge in [0.15, 0.2) is 0 Å². The molecule has 13 nitrogen and oxygen atoms in total. The SMILES string of the molecule is CC(C)(C)OC(=O)NCCN(CNC(=O)OC(C)(C)C)C(=O)CC[C@H](NC(=O)OC(C)(C)C)C(=O)OCc1ccccc1. The minimum Gasteiger partial charge on any atom is -0.459 e. The van der Waals surface area contributed by atoms with Gasteiger partial charge in [-0.1, -0.05) is 30.3 Å². The van der Waals surface area contributed by atoms with Gasteiger partial charge in [-0.05, 0) is 74.3 Å². The summed E-state index contributed by atoms with van der Waals surface area (Å²) in [6.45, 7) is 15.1. The fourth-order valence-electron chi connectivity index (χ4n) is 3.33. The zero-order valence-corrected chi connectivity index (χ0v) is 26.8. The molecule has 0 radical (unpaired) electrons. The summed E-state index contributed by atoms with van der Waals surface area (Å²) in [6.07, 6.45) is -2.56. The second-order valence-electron chi connectivity index (χ2n) is 12.8. The van der Waals surface area contributed by atoms with Gasteiger partial charge < -0.3 is 39.8 Å². The third-order valence-electron chi connectivity index (χ3n) is 5.06. The Morgan fingerprint density at radius 3 is 1.79 bits per heavy atom. The Kier molecular flexibility index (Phi) is 14.3. The van der Waals surface area contributed by atoms with Gasteiger partial charge in [-0.3, -0.25) is 4.79 Å². The fraction of sp³-hybridized carbons (Fsp3) is 0.633. The second kappa shape index (κ2) is 16.6. The number of carbonyl (C=O) groups is 5. The molecule has 1 aromatic rings. The van der Waals surface area contributed by atoms with Crippen LogP contribution < -0.4 is 16.0 Å². The zero-order valence-electron chi connectivity index (χ0n) is 26.8. The molecule has 0 heterocycles. The van der Waals surface area contributed by atoms with Crippen LogP contribution in [0.2, 0.25) is 0 Å². The first-order chi connectivity index (χ1) is 19.7. The largest absolute Gasteiger partial charge is 0.459 e. The topological polar surface area (TPSA) is 162 Å². The molecule has 1 atom stereocenters. The molecule has 3 N–H and O–H groups in total. The van der Waals surface area contributed by atoms with Crippen LogP contribution in [0.5, 0.6) is 0 Å². The monoisotopic (exact) mass is 608 g/mol. The molecule has 0 saturated carbocycles. The Labute approximate surface area is 254 Å². The number of hydrogen-bond donors (Lipinski definition) is 3. The van der Waals surface area contributed by atoms with Gasteiger partial charge in [0, 0.05) is 19.5 Å². The van der Waals surface area contributed by atoms with Crippen molar-refractivity contribution in [3.05, 3.63) is 35.9 Å². The van der Waals surface area contributed by atoms with Gasteiger partial charge in [-0.2, -0.15) is 0 Å². The van der Waals surface area contributed by atoms with Crippen LogP contribution in [-0.4, -0.2) is 77.7 Å². The average molecular weight is 609 g/mol. The molecule has 0 aliphatic heterocycles. The van der Waals surface area contributed by atoms with E-state index in [1.165, 1.54) is 4.90 Å². The fourth-order valence-corrected chi connectivity index (χ4v) is 3.33. The number of rotatable bonds is 12. The quantitative estimate of drug-likeness (QED) is 0.179. The summed E-state index contributed by atoms with van der Waals surface area (Å²) in [5.74, 6) is -1.21. The first-order valence-corrected chi connectivity index (χ1v) is 14.2. The highest BCUT2D eigenvalue weighted by atomic mass is 16.6. The predicted octanol–water partition coefficient (Wildman–Crippen LogP) is 4.24. The summed E-state index contributed by atoms with van der Waals surface area (Å²) in [5, 5.41) is 7.58. The summed E-state index contributed by atoms with van der Waals surface area (Å²) < 4.78 is 21.1. The number of alkyl carbamates (subject to hydrolysis) is 3. The van der Waals surface area contributed by atoms with Crippen LogP contribution in [0.1, 0.15) is 80.7 Å². The number of amides is 4. The highest BCUT2D eigenvalue weighted by molar-refractivity contribution is 5.83. The number of ether oxygens (including phenoxy) is 4. The highest BCUT2D eigenvalue weighted by Gasteiger charge is 2.28. The van der Waals surface area contributed by atoms with Crippen molar-refractivity contribution in [1.29, 1.82) is 0 Å². The zero-order chi connectivity index (χ0) is 32.8. The van der Waals surface area contributed by atoms with Gasteiger partial charge in [0.25, 0.3) is 0 Å². The minimum absolute atomic E-state index is 0.0104. The first-order valence-electron chi connectivity index (χ1n) is 14.2. The molecule has 4 amide bonds. The van der Waals surface area contributed by atoms with Crippen LogP contribution in [0.25, 0.3) is 0 Å². The van der Waals surface area contributed by atoms with Gasteiger partial charge in [0.05, 0.1) is 6.67 Å². The molecular formula is C30H48N4O9. The Bertz CT molecular complexity index is 1070. The normalized spacial score (nSPS) is 12.3. The molecule has 43 heavy (non-hydrogen) atoms. The van der Waals surface area contributed by atoms with Gasteiger partial charge in [-0.15, -0.1) is 0 Å². The van der Waals surface area contributed by atoms with E-state index in [1.54, 1.807) is 86.6 Å². The molecule has 0 fully saturated rings. The van der Waals surface area contributed by atoms with E-state index in [0.29, 0.717) is 0 Å². The van der Waals surface area contributed by atoms with Crippen molar-refractivity contribution in [3.63, 3.8) is 0 Å². The lowest BCUT2D eigenvalue weighted by molar-refractivity contribution is -0.148. The Morgan fingerprint density at radius 1 is 0.744 bits per heavy atom. The van der Waals surface area contributed by atoms with Crippen molar-refractivity contribution >= 4 is 30.2 Å². The molecule has 1 rings (SSSR count). The van der Waals surface area contributed by atoms with Gasteiger partial charge in [0.2, 0.25) is 5.91 Å². The second-order valence-corrected chi connectivity index (χ2v) is 12.8. The molecule has 0 unspecified atom stereocenters. The molecule has 242 valence electrons. The predicted molar refractivity (Wildman–Crippen MR) is 159 cm³/mol. The van der Waals surface area contributed by atoms with Crippen LogP contribution in [0.4, 0.5) is 14.4 Å². The summed E-state index contributed by atoms with van der Waals surface area (Å²) in [5.41, 5.74) is -1.52. The lowest BCUT2D eigenvalue weighted by Gasteiger charge is -2.26. The smallest absolute Gasteiger partial charge is 0.409 e. The van der Waals surface area contributed by atoms with Crippen molar-refractivity contribution in [2.24, 2.45) is 0 Å². The third-order valence-corrected chi connectivity index (χ3v) is 5.06. The van der Waals surface area contributed by atoms with Crippen molar-refractivity contribution in [2.45, 2.75) is 105 Å². The van der Waals surface area contributed by atoms with Gasteiger partial charge in [0.1, 0.15) is 29.5 Å². The molecule has 0 aliphatic rings. The average Bonchev–Trinajstić information content (AvgIpc) is 2.84. The van der Waals surface area contributed by atoms with Gasteiger partial charge in [-0.25, -0.2) is 19.2 Å². The molecule has 0 aromatic heterocycles. The summed E-state index contributed by atoms with van der Waals surface area (Å²) in [6, 6.07) is 7.81. The third kappa shape index (κ3) is 18.2. The first kappa shape index (κ1) is 37.0. The molecule has 0 spiro atoms. The van der Waals surface area contributed by atoms with Crippen molar-refractivity contribution in [2.75, 3.05) is 19.8 Å². The molecule has 0 bridgehead atoms. The van der Waals surface area contributed by atoms with E-state index in [2.05, 4.69) is 16.0 Å². The van der Waals surface area contributed by atoms with Crippen LogP contribution >= 0.6 is 0 Å². The summed E-state index contributed by atoms with van der Waals surface area (Å²) >= 11 is 0. The van der Waals surface area contributed by atoms with E-state index in [4.69, 9.17) is 18.9 Å². The van der Waals surface area contributed by atoms with Crippen molar-refractivity contribution in [1.82, 2.24) is 20.9 Å². The van der Waals surface area contributed by atoms with Crippen LogP contribution in [0.15, 0.2) is 30.3 Å². The van der Waals surface area contributed by atoms with E-state index in [1.807, 2.05) is 6.07 Å². The van der Waals surface area contributed by atoms with E-state index in [-0.39, 0.29) is 39.2 Å². The number of nitrogens with zero attached hydrogens (tertiary/aromatic N) is 1. The van der Waals surface area contributed by atoms with E-state index < -0.39 is 53.0 Å². The maximum atomic E-state index is 13.3. The molecule has 0 aliphatic carbocycles. The Balaban J connectivity index is 2.95. The number of benzene rings is 1. The molecular weight excluding hydrogens is 560 g/mol. The van der Waals surface area contributed by atoms with Gasteiger partial charge >= 0.3 is 24.2 Å². The molecule has 0 saturated heterocycles. The highest BCUT2D eigenvalue weighted by Crippen LogP contribution is 2.11. The number of nitrogens with one attached hydrogen (secondary N) is 3. The molecule has 13 heteroatoms.